The van der Waals surface area contributed by atoms with Crippen LogP contribution in [0.1, 0.15) is 34.2 Å². The van der Waals surface area contributed by atoms with E-state index in [1.54, 1.807) is 30.3 Å². The van der Waals surface area contributed by atoms with Crippen LogP contribution < -0.4 is 10.6 Å². The highest BCUT2D eigenvalue weighted by Crippen LogP contribution is 2.32. The van der Waals surface area contributed by atoms with Crippen molar-refractivity contribution in [1.82, 2.24) is 5.32 Å². The number of anilines is 1. The number of carboxylic acid groups (broad SMARTS) is 1. The van der Waals surface area contributed by atoms with E-state index in [0.717, 1.165) is 23.2 Å². The molecule has 0 aliphatic carbocycles. The number of hydrogen-bond donors (Lipinski definition) is 3. The van der Waals surface area contributed by atoms with E-state index >= 15 is 0 Å². The Hall–Kier alpha value is -3.45. The molecule has 158 valence electrons. The van der Waals surface area contributed by atoms with E-state index in [9.17, 15) is 9.59 Å². The van der Waals surface area contributed by atoms with Gasteiger partial charge in [0, 0.05) is 17.3 Å². The van der Waals surface area contributed by atoms with Crippen LogP contribution in [0.15, 0.2) is 63.9 Å². The summed E-state index contributed by atoms with van der Waals surface area (Å²) in [6.07, 6.45) is 2.70. The fraction of sp³-hybridized carbons (Fsp3) is 0.167. The number of aromatic carboxylic acids is 1. The Morgan fingerprint density at radius 3 is 2.65 bits per heavy atom. The minimum atomic E-state index is -0.965. The molecule has 1 atom stereocenters. The molecule has 1 amide bonds. The van der Waals surface area contributed by atoms with Crippen molar-refractivity contribution in [3.63, 3.8) is 0 Å². The normalized spacial score (nSPS) is 17.0. The monoisotopic (exact) mass is 434 g/mol. The molecular formula is C24H22N2O4S. The first-order valence-electron chi connectivity index (χ1n) is 9.92. The van der Waals surface area contributed by atoms with Crippen molar-refractivity contribution in [1.29, 1.82) is 0 Å². The van der Waals surface area contributed by atoms with Crippen LogP contribution in [0, 0.1) is 6.92 Å². The van der Waals surface area contributed by atoms with E-state index in [1.807, 2.05) is 25.1 Å². The fourth-order valence-corrected chi connectivity index (χ4v) is 4.30. The standard InChI is InChI=1S/C24H22N2O4S/c1-3-15-4-7-17(8-5-15)25-24-26-22(27)21(31-24)13-18-9-11-20(30-18)19-10-6-16(23(28)29)12-14(19)2/h4-13,24-25H,3H2,1-2H3,(H,26,27)(H,28,29)/b21-13-/t24-/m1/s1. The van der Waals surface area contributed by atoms with Gasteiger partial charge >= 0.3 is 5.97 Å². The van der Waals surface area contributed by atoms with E-state index in [0.29, 0.717) is 16.4 Å². The highest BCUT2D eigenvalue weighted by atomic mass is 32.2. The third-order valence-electron chi connectivity index (χ3n) is 5.03. The Kier molecular flexibility index (Phi) is 5.86. The van der Waals surface area contributed by atoms with E-state index in [1.165, 1.54) is 17.3 Å². The summed E-state index contributed by atoms with van der Waals surface area (Å²) in [4.78, 5) is 24.1. The van der Waals surface area contributed by atoms with E-state index in [2.05, 4.69) is 29.7 Å². The minimum absolute atomic E-state index is 0.160. The van der Waals surface area contributed by atoms with Crippen LogP contribution in [0.4, 0.5) is 5.69 Å². The molecule has 2 heterocycles. The Bertz CT molecular complexity index is 1160. The van der Waals surface area contributed by atoms with Crippen molar-refractivity contribution in [3.8, 4) is 11.3 Å². The number of furan rings is 1. The highest BCUT2D eigenvalue weighted by molar-refractivity contribution is 8.05. The molecule has 2 aromatic carbocycles. The Balaban J connectivity index is 1.47. The van der Waals surface area contributed by atoms with Crippen LogP contribution in [0.3, 0.4) is 0 Å². The first-order valence-corrected chi connectivity index (χ1v) is 10.8. The molecular weight excluding hydrogens is 412 g/mol. The maximum atomic E-state index is 12.4. The van der Waals surface area contributed by atoms with Gasteiger partial charge in [-0.3, -0.25) is 4.79 Å². The van der Waals surface area contributed by atoms with Gasteiger partial charge in [0.15, 0.2) is 5.50 Å². The van der Waals surface area contributed by atoms with Gasteiger partial charge in [-0.1, -0.05) is 36.9 Å². The first-order chi connectivity index (χ1) is 14.9. The van der Waals surface area contributed by atoms with Gasteiger partial charge in [0.1, 0.15) is 11.5 Å². The van der Waals surface area contributed by atoms with Crippen LogP contribution >= 0.6 is 11.8 Å². The number of nitrogens with one attached hydrogen (secondary N) is 2. The maximum absolute atomic E-state index is 12.4. The van der Waals surface area contributed by atoms with Crippen LogP contribution in [-0.2, 0) is 11.2 Å². The lowest BCUT2D eigenvalue weighted by molar-refractivity contribution is -0.116. The smallest absolute Gasteiger partial charge is 0.335 e. The molecule has 7 heteroatoms. The molecule has 31 heavy (non-hydrogen) atoms. The van der Waals surface area contributed by atoms with Crippen LogP contribution in [-0.4, -0.2) is 22.5 Å². The molecule has 4 rings (SSSR count). The van der Waals surface area contributed by atoms with Crippen molar-refractivity contribution in [2.24, 2.45) is 0 Å². The molecule has 0 saturated carbocycles. The lowest BCUT2D eigenvalue weighted by Crippen LogP contribution is -2.30. The Morgan fingerprint density at radius 1 is 1.19 bits per heavy atom. The molecule has 0 spiro atoms. The molecule has 3 aromatic rings. The van der Waals surface area contributed by atoms with Crippen LogP contribution in [0.25, 0.3) is 17.4 Å². The summed E-state index contributed by atoms with van der Waals surface area (Å²) in [6, 6.07) is 16.6. The van der Waals surface area contributed by atoms with Gasteiger partial charge in [0.25, 0.3) is 5.91 Å². The lowest BCUT2D eigenvalue weighted by Gasteiger charge is -2.12. The van der Waals surface area contributed by atoms with Crippen LogP contribution in [0.2, 0.25) is 0 Å². The number of amides is 1. The average molecular weight is 435 g/mol. The van der Waals surface area contributed by atoms with Crippen molar-refractivity contribution >= 4 is 35.4 Å². The van der Waals surface area contributed by atoms with Crippen molar-refractivity contribution < 1.29 is 19.1 Å². The molecule has 0 unspecified atom stereocenters. The number of benzene rings is 2. The van der Waals surface area contributed by atoms with Crippen molar-refractivity contribution in [2.75, 3.05) is 5.32 Å². The number of rotatable bonds is 6. The number of carbonyl (C=O) groups excluding carboxylic acids is 1. The van der Waals surface area contributed by atoms with E-state index in [-0.39, 0.29) is 17.0 Å². The second-order valence-electron chi connectivity index (χ2n) is 7.21. The third kappa shape index (κ3) is 4.67. The molecule has 1 aromatic heterocycles. The molecule has 1 fully saturated rings. The first kappa shape index (κ1) is 20.8. The van der Waals surface area contributed by atoms with Gasteiger partial charge in [-0.2, -0.15) is 0 Å². The molecule has 1 saturated heterocycles. The summed E-state index contributed by atoms with van der Waals surface area (Å²) in [7, 11) is 0. The lowest BCUT2D eigenvalue weighted by atomic mass is 10.0. The second-order valence-corrected chi connectivity index (χ2v) is 8.36. The molecule has 0 radical (unpaired) electrons. The summed E-state index contributed by atoms with van der Waals surface area (Å²) in [5.74, 6) is 0.0542. The Morgan fingerprint density at radius 2 is 1.97 bits per heavy atom. The zero-order valence-corrected chi connectivity index (χ0v) is 18.0. The topological polar surface area (TPSA) is 91.6 Å². The summed E-state index contributed by atoms with van der Waals surface area (Å²) in [5.41, 5.74) is 3.80. The van der Waals surface area contributed by atoms with Gasteiger partial charge in [-0.15, -0.1) is 0 Å². The zero-order valence-electron chi connectivity index (χ0n) is 17.1. The van der Waals surface area contributed by atoms with E-state index in [4.69, 9.17) is 9.52 Å². The van der Waals surface area contributed by atoms with Crippen molar-refractivity contribution in [2.45, 2.75) is 25.8 Å². The zero-order chi connectivity index (χ0) is 22.0. The predicted octanol–water partition coefficient (Wildman–Crippen LogP) is 5.12. The summed E-state index contributed by atoms with van der Waals surface area (Å²) in [5, 5.41) is 15.3. The van der Waals surface area contributed by atoms with Gasteiger partial charge in [-0.05, 0) is 60.9 Å². The minimum Gasteiger partial charge on any atom is -0.478 e. The average Bonchev–Trinajstić information content (AvgIpc) is 3.35. The second kappa shape index (κ2) is 8.73. The largest absolute Gasteiger partial charge is 0.478 e. The fourth-order valence-electron chi connectivity index (χ4n) is 3.33. The predicted molar refractivity (Wildman–Crippen MR) is 123 cm³/mol. The number of thioether (sulfide) groups is 1. The summed E-state index contributed by atoms with van der Waals surface area (Å²) in [6.45, 7) is 3.95. The van der Waals surface area contributed by atoms with Gasteiger partial charge in [0.2, 0.25) is 0 Å². The van der Waals surface area contributed by atoms with Crippen molar-refractivity contribution in [3.05, 3.63) is 82.0 Å². The molecule has 0 bridgehead atoms. The summed E-state index contributed by atoms with van der Waals surface area (Å²) >= 11 is 1.40. The number of aryl methyl sites for hydroxylation is 2. The third-order valence-corrected chi connectivity index (χ3v) is 6.06. The molecule has 3 N–H and O–H groups in total. The molecule has 6 nitrogen and oxygen atoms in total. The maximum Gasteiger partial charge on any atom is 0.335 e. The van der Waals surface area contributed by atoms with E-state index < -0.39 is 5.97 Å². The van der Waals surface area contributed by atoms with Gasteiger partial charge in [0.05, 0.1) is 10.5 Å². The molecule has 1 aliphatic rings. The highest BCUT2D eigenvalue weighted by Gasteiger charge is 2.27. The van der Waals surface area contributed by atoms with Gasteiger partial charge in [-0.25, -0.2) is 4.79 Å². The summed E-state index contributed by atoms with van der Waals surface area (Å²) < 4.78 is 5.90. The SMILES string of the molecule is CCc1ccc(N[C@@H]2NC(=O)/C(=C/c3ccc(-c4ccc(C(=O)O)cc4C)o3)S2)cc1. The number of hydrogen-bond acceptors (Lipinski definition) is 5. The quantitative estimate of drug-likeness (QED) is 0.467. The van der Waals surface area contributed by atoms with Crippen LogP contribution in [0.5, 0.6) is 0 Å². The van der Waals surface area contributed by atoms with Gasteiger partial charge < -0.3 is 20.2 Å². The number of carboxylic acids is 1. The molecule has 1 aliphatic heterocycles. The Labute approximate surface area is 184 Å². The number of carbonyl (C=O) groups is 2.